The molecule has 2 rings (SSSR count). The first kappa shape index (κ1) is 16.8. The minimum absolute atomic E-state index is 0.465. The fourth-order valence-corrected chi connectivity index (χ4v) is 3.37. The van der Waals surface area contributed by atoms with Crippen LogP contribution in [0.25, 0.3) is 0 Å². The van der Waals surface area contributed by atoms with Crippen LogP contribution >= 0.6 is 0 Å². The molecule has 0 aliphatic carbocycles. The highest BCUT2D eigenvalue weighted by Crippen LogP contribution is 2.28. The Morgan fingerprint density at radius 3 is 1.27 bits per heavy atom. The maximum Gasteiger partial charge on any atom is 0.00612 e. The molecule has 2 aromatic rings. The van der Waals surface area contributed by atoms with Crippen LogP contribution in [0.5, 0.6) is 0 Å². The zero-order chi connectivity index (χ0) is 16.1. The van der Waals surface area contributed by atoms with Gasteiger partial charge in [-0.05, 0) is 59.1 Å². The molecule has 118 valence electrons. The molecule has 0 fully saturated rings. The fraction of sp³-hybridized carbons (Fsp3) is 0.455. The van der Waals surface area contributed by atoms with Gasteiger partial charge in [0.25, 0.3) is 0 Å². The largest absolute Gasteiger partial charge is 0.0613 e. The van der Waals surface area contributed by atoms with Crippen LogP contribution in [0.2, 0.25) is 0 Å². The van der Waals surface area contributed by atoms with E-state index in [-0.39, 0.29) is 0 Å². The molecule has 0 aliphatic heterocycles. The maximum atomic E-state index is 2.42. The van der Waals surface area contributed by atoms with Crippen molar-refractivity contribution in [3.8, 4) is 0 Å². The van der Waals surface area contributed by atoms with Crippen LogP contribution in [0.15, 0.2) is 36.4 Å². The van der Waals surface area contributed by atoms with Crippen LogP contribution in [-0.4, -0.2) is 0 Å². The predicted octanol–water partition coefficient (Wildman–Crippen LogP) is 6.09. The average Bonchev–Trinajstić information content (AvgIpc) is 2.59. The van der Waals surface area contributed by atoms with Crippen molar-refractivity contribution in [2.75, 3.05) is 0 Å². The molecule has 0 N–H and O–H groups in total. The zero-order valence-corrected chi connectivity index (χ0v) is 14.9. The van der Waals surface area contributed by atoms with E-state index in [1.165, 1.54) is 33.4 Å². The molecule has 0 atom stereocenters. The van der Waals surface area contributed by atoms with E-state index in [1.54, 1.807) is 0 Å². The first-order chi connectivity index (χ1) is 10.6. The fourth-order valence-electron chi connectivity index (χ4n) is 3.37. The Morgan fingerprint density at radius 2 is 0.955 bits per heavy atom. The highest BCUT2D eigenvalue weighted by Gasteiger charge is 2.12. The molecule has 0 aromatic heterocycles. The zero-order valence-electron chi connectivity index (χ0n) is 14.9. The Balaban J connectivity index is 2.37. The van der Waals surface area contributed by atoms with Crippen molar-refractivity contribution < 1.29 is 0 Å². The van der Waals surface area contributed by atoms with E-state index in [0.717, 1.165) is 25.7 Å². The molecule has 2 aromatic carbocycles. The van der Waals surface area contributed by atoms with E-state index < -0.39 is 0 Å². The summed E-state index contributed by atoms with van der Waals surface area (Å²) in [5, 5.41) is 0. The lowest BCUT2D eigenvalue weighted by atomic mass is 9.87. The van der Waals surface area contributed by atoms with Gasteiger partial charge < -0.3 is 0 Å². The molecule has 22 heavy (non-hydrogen) atoms. The molecular formula is C22H30. The van der Waals surface area contributed by atoms with Crippen LogP contribution < -0.4 is 0 Å². The maximum absolute atomic E-state index is 2.42. The molecule has 0 aliphatic rings. The Labute approximate surface area is 136 Å². The molecule has 0 nitrogen and oxygen atoms in total. The molecule has 0 heterocycles. The third-order valence-corrected chi connectivity index (χ3v) is 4.98. The van der Waals surface area contributed by atoms with Crippen LogP contribution in [0.3, 0.4) is 0 Å². The highest BCUT2D eigenvalue weighted by molar-refractivity contribution is 5.41. The van der Waals surface area contributed by atoms with E-state index >= 15 is 0 Å². The summed E-state index contributed by atoms with van der Waals surface area (Å²) >= 11 is 0. The van der Waals surface area contributed by atoms with Gasteiger partial charge in [0.05, 0.1) is 0 Å². The first-order valence-corrected chi connectivity index (χ1v) is 8.87. The smallest absolute Gasteiger partial charge is 0.00612 e. The van der Waals surface area contributed by atoms with Gasteiger partial charge in [-0.15, -0.1) is 0 Å². The third kappa shape index (κ3) is 3.43. The number of benzene rings is 2. The molecule has 0 radical (unpaired) electrons. The molecule has 0 unspecified atom stereocenters. The van der Waals surface area contributed by atoms with Gasteiger partial charge in [-0.3, -0.25) is 0 Å². The SMILES string of the molecule is CCc1ccc(C(C)c2ccc(CC)c(CC)c2)cc1CC. The van der Waals surface area contributed by atoms with E-state index in [9.17, 15) is 0 Å². The number of hydrogen-bond acceptors (Lipinski definition) is 0. The Kier molecular flexibility index (Phi) is 5.83. The molecule has 0 amide bonds. The van der Waals surface area contributed by atoms with Crippen molar-refractivity contribution in [2.45, 2.75) is 66.2 Å². The van der Waals surface area contributed by atoms with Crippen molar-refractivity contribution in [1.82, 2.24) is 0 Å². The van der Waals surface area contributed by atoms with E-state index in [1.807, 2.05) is 0 Å². The number of rotatable bonds is 6. The normalized spacial score (nSPS) is 11.2. The summed E-state index contributed by atoms with van der Waals surface area (Å²) in [7, 11) is 0. The third-order valence-electron chi connectivity index (χ3n) is 4.98. The van der Waals surface area contributed by atoms with Gasteiger partial charge in [0.2, 0.25) is 0 Å². The lowest BCUT2D eigenvalue weighted by Crippen LogP contribution is -2.01. The summed E-state index contributed by atoms with van der Waals surface area (Å²) in [6, 6.07) is 14.1. The molecule has 0 bridgehead atoms. The summed E-state index contributed by atoms with van der Waals surface area (Å²) in [5.41, 5.74) is 8.89. The van der Waals surface area contributed by atoms with Crippen LogP contribution in [-0.2, 0) is 25.7 Å². The molecule has 0 saturated heterocycles. The van der Waals surface area contributed by atoms with Crippen molar-refractivity contribution >= 4 is 0 Å². The van der Waals surface area contributed by atoms with Crippen molar-refractivity contribution in [3.05, 3.63) is 69.8 Å². The quantitative estimate of drug-likeness (QED) is 0.605. The second-order valence-corrected chi connectivity index (χ2v) is 6.19. The number of hydrogen-bond donors (Lipinski definition) is 0. The van der Waals surface area contributed by atoms with Gasteiger partial charge in [-0.2, -0.15) is 0 Å². The lowest BCUT2D eigenvalue weighted by molar-refractivity contribution is 0.898. The second-order valence-electron chi connectivity index (χ2n) is 6.19. The van der Waals surface area contributed by atoms with E-state index in [0.29, 0.717) is 5.92 Å². The van der Waals surface area contributed by atoms with E-state index in [2.05, 4.69) is 71.0 Å². The standard InChI is InChI=1S/C22H30/c1-6-17-10-12-21(14-19(17)8-3)16(5)22-13-11-18(7-2)20(9-4)15-22/h10-16H,6-9H2,1-5H3. The van der Waals surface area contributed by atoms with Gasteiger partial charge in [0.15, 0.2) is 0 Å². The van der Waals surface area contributed by atoms with Crippen molar-refractivity contribution in [1.29, 1.82) is 0 Å². The summed E-state index contributed by atoms with van der Waals surface area (Å²) < 4.78 is 0. The van der Waals surface area contributed by atoms with Crippen LogP contribution in [0.4, 0.5) is 0 Å². The van der Waals surface area contributed by atoms with Gasteiger partial charge >= 0.3 is 0 Å². The Hall–Kier alpha value is -1.56. The topological polar surface area (TPSA) is 0 Å². The summed E-state index contributed by atoms with van der Waals surface area (Å²) in [5.74, 6) is 0.465. The summed E-state index contributed by atoms with van der Waals surface area (Å²) in [6.07, 6.45) is 4.50. The van der Waals surface area contributed by atoms with Gasteiger partial charge in [0.1, 0.15) is 0 Å². The summed E-state index contributed by atoms with van der Waals surface area (Å²) in [4.78, 5) is 0. The van der Waals surface area contributed by atoms with Crippen LogP contribution in [0.1, 0.15) is 73.9 Å². The Morgan fingerprint density at radius 1 is 0.591 bits per heavy atom. The molecular weight excluding hydrogens is 264 g/mol. The summed E-state index contributed by atoms with van der Waals surface area (Å²) in [6.45, 7) is 11.3. The first-order valence-electron chi connectivity index (χ1n) is 8.87. The van der Waals surface area contributed by atoms with Gasteiger partial charge in [-0.25, -0.2) is 0 Å². The predicted molar refractivity (Wildman–Crippen MR) is 97.9 cm³/mol. The molecule has 0 saturated carbocycles. The monoisotopic (exact) mass is 294 g/mol. The molecule has 0 spiro atoms. The average molecular weight is 294 g/mol. The van der Waals surface area contributed by atoms with E-state index in [4.69, 9.17) is 0 Å². The molecule has 0 heteroatoms. The Bertz CT molecular complexity index is 566. The van der Waals surface area contributed by atoms with Gasteiger partial charge in [-0.1, -0.05) is 71.0 Å². The van der Waals surface area contributed by atoms with Crippen molar-refractivity contribution in [3.63, 3.8) is 0 Å². The van der Waals surface area contributed by atoms with Crippen molar-refractivity contribution in [2.24, 2.45) is 0 Å². The van der Waals surface area contributed by atoms with Crippen LogP contribution in [0, 0.1) is 0 Å². The highest BCUT2D eigenvalue weighted by atomic mass is 14.2. The lowest BCUT2D eigenvalue weighted by Gasteiger charge is -2.17. The minimum atomic E-state index is 0.465. The number of aryl methyl sites for hydroxylation is 4. The van der Waals surface area contributed by atoms with Gasteiger partial charge in [0, 0.05) is 5.92 Å². The minimum Gasteiger partial charge on any atom is -0.0613 e. The second kappa shape index (κ2) is 7.63.